The van der Waals surface area contributed by atoms with E-state index in [1.165, 1.54) is 0 Å². The maximum Gasteiger partial charge on any atom is 0.347 e. The van der Waals surface area contributed by atoms with Crippen molar-refractivity contribution < 1.29 is 14.3 Å². The van der Waals surface area contributed by atoms with Gasteiger partial charge in [0.1, 0.15) is 6.10 Å². The summed E-state index contributed by atoms with van der Waals surface area (Å²) in [5, 5.41) is 0. The second-order valence-electron chi connectivity index (χ2n) is 3.58. The van der Waals surface area contributed by atoms with Crippen molar-refractivity contribution in [3.8, 4) is 0 Å². The van der Waals surface area contributed by atoms with E-state index >= 15 is 0 Å². The van der Waals surface area contributed by atoms with E-state index < -0.39 is 5.60 Å². The van der Waals surface area contributed by atoms with Crippen LogP contribution in [0, 0.1) is 0 Å². The van der Waals surface area contributed by atoms with Crippen LogP contribution in [-0.4, -0.2) is 18.7 Å². The number of hydrogen-bond donors (Lipinski definition) is 0. The number of hydrogen-bond acceptors (Lipinski definition) is 3. The molecule has 3 nitrogen and oxygen atoms in total. The Labute approximate surface area is 89.0 Å². The first-order chi connectivity index (χ1) is 7.21. The second-order valence-corrected chi connectivity index (χ2v) is 3.58. The minimum absolute atomic E-state index is 0.215. The SMILES string of the molecule is CCOC1(c2ccccc2)C(=O)OC1C. The van der Waals surface area contributed by atoms with Crippen LogP contribution in [-0.2, 0) is 19.9 Å². The van der Waals surface area contributed by atoms with Crippen molar-refractivity contribution in [2.24, 2.45) is 0 Å². The van der Waals surface area contributed by atoms with Crippen molar-refractivity contribution in [2.75, 3.05) is 6.61 Å². The lowest BCUT2D eigenvalue weighted by atomic mass is 9.84. The monoisotopic (exact) mass is 206 g/mol. The van der Waals surface area contributed by atoms with Gasteiger partial charge in [0.2, 0.25) is 5.60 Å². The van der Waals surface area contributed by atoms with E-state index in [1.807, 2.05) is 44.2 Å². The smallest absolute Gasteiger partial charge is 0.347 e. The lowest BCUT2D eigenvalue weighted by molar-refractivity contribution is -0.242. The number of ether oxygens (including phenoxy) is 2. The van der Waals surface area contributed by atoms with Gasteiger partial charge in [-0.3, -0.25) is 0 Å². The highest BCUT2D eigenvalue weighted by Crippen LogP contribution is 2.40. The number of carbonyl (C=O) groups is 1. The topological polar surface area (TPSA) is 35.5 Å². The lowest BCUT2D eigenvalue weighted by Crippen LogP contribution is -2.60. The Morgan fingerprint density at radius 1 is 1.40 bits per heavy atom. The van der Waals surface area contributed by atoms with Crippen molar-refractivity contribution in [3.63, 3.8) is 0 Å². The van der Waals surface area contributed by atoms with Crippen molar-refractivity contribution in [1.82, 2.24) is 0 Å². The molecule has 1 fully saturated rings. The highest BCUT2D eigenvalue weighted by Gasteiger charge is 2.58. The molecule has 1 heterocycles. The van der Waals surface area contributed by atoms with Crippen LogP contribution in [0.1, 0.15) is 19.4 Å². The highest BCUT2D eigenvalue weighted by molar-refractivity contribution is 5.87. The zero-order valence-electron chi connectivity index (χ0n) is 8.90. The average Bonchev–Trinajstić information content (AvgIpc) is 2.27. The number of carbonyl (C=O) groups excluding carboxylic acids is 1. The van der Waals surface area contributed by atoms with Crippen LogP contribution in [0.3, 0.4) is 0 Å². The fourth-order valence-corrected chi connectivity index (χ4v) is 1.96. The molecule has 0 aliphatic carbocycles. The van der Waals surface area contributed by atoms with E-state index in [0.29, 0.717) is 6.61 Å². The van der Waals surface area contributed by atoms with Crippen molar-refractivity contribution in [1.29, 1.82) is 0 Å². The summed E-state index contributed by atoms with van der Waals surface area (Å²) in [6.07, 6.45) is -0.215. The first-order valence-corrected chi connectivity index (χ1v) is 5.12. The lowest BCUT2D eigenvalue weighted by Gasteiger charge is -2.44. The molecule has 1 aliphatic heterocycles. The van der Waals surface area contributed by atoms with Crippen molar-refractivity contribution in [2.45, 2.75) is 25.6 Å². The first kappa shape index (κ1) is 10.2. The molecule has 0 amide bonds. The van der Waals surface area contributed by atoms with Crippen molar-refractivity contribution in [3.05, 3.63) is 35.9 Å². The summed E-state index contributed by atoms with van der Waals surface area (Å²) >= 11 is 0. The van der Waals surface area contributed by atoms with Crippen LogP contribution in [0.5, 0.6) is 0 Å². The summed E-state index contributed by atoms with van der Waals surface area (Å²) < 4.78 is 10.6. The third kappa shape index (κ3) is 1.35. The Morgan fingerprint density at radius 2 is 2.07 bits per heavy atom. The molecule has 80 valence electrons. The van der Waals surface area contributed by atoms with Crippen LogP contribution < -0.4 is 0 Å². The molecule has 0 radical (unpaired) electrons. The number of esters is 1. The second kappa shape index (κ2) is 3.66. The van der Waals surface area contributed by atoms with E-state index in [1.54, 1.807) is 0 Å². The summed E-state index contributed by atoms with van der Waals surface area (Å²) in [5.41, 5.74) is -0.00803. The van der Waals surface area contributed by atoms with E-state index in [2.05, 4.69) is 0 Å². The third-order valence-corrected chi connectivity index (χ3v) is 2.73. The molecule has 1 aliphatic rings. The van der Waals surface area contributed by atoms with Gasteiger partial charge in [-0.25, -0.2) is 4.79 Å². The van der Waals surface area contributed by atoms with Crippen LogP contribution >= 0.6 is 0 Å². The molecule has 1 aromatic carbocycles. The summed E-state index contributed by atoms with van der Waals surface area (Å²) in [5.74, 6) is -0.289. The molecule has 15 heavy (non-hydrogen) atoms. The average molecular weight is 206 g/mol. The molecular weight excluding hydrogens is 192 g/mol. The van der Waals surface area contributed by atoms with Gasteiger partial charge in [-0.2, -0.15) is 0 Å². The number of rotatable bonds is 3. The van der Waals surface area contributed by atoms with E-state index in [9.17, 15) is 4.79 Å². The van der Waals surface area contributed by atoms with Crippen LogP contribution in [0.2, 0.25) is 0 Å². The maximum absolute atomic E-state index is 11.6. The maximum atomic E-state index is 11.6. The Bertz CT molecular complexity index is 360. The molecule has 0 saturated carbocycles. The van der Waals surface area contributed by atoms with Gasteiger partial charge in [-0.15, -0.1) is 0 Å². The molecule has 2 unspecified atom stereocenters. The molecule has 2 rings (SSSR count). The van der Waals surface area contributed by atoms with Gasteiger partial charge < -0.3 is 9.47 Å². The fourth-order valence-electron chi connectivity index (χ4n) is 1.96. The molecule has 0 bridgehead atoms. The van der Waals surface area contributed by atoms with Crippen molar-refractivity contribution >= 4 is 5.97 Å². The third-order valence-electron chi connectivity index (χ3n) is 2.73. The van der Waals surface area contributed by atoms with Crippen LogP contribution in [0.15, 0.2) is 30.3 Å². The minimum Gasteiger partial charge on any atom is -0.456 e. The van der Waals surface area contributed by atoms with Gasteiger partial charge in [-0.1, -0.05) is 30.3 Å². The van der Waals surface area contributed by atoms with E-state index in [4.69, 9.17) is 9.47 Å². The van der Waals surface area contributed by atoms with Crippen LogP contribution in [0.4, 0.5) is 0 Å². The van der Waals surface area contributed by atoms with Gasteiger partial charge in [0.15, 0.2) is 0 Å². The van der Waals surface area contributed by atoms with Gasteiger partial charge in [-0.05, 0) is 19.4 Å². The molecule has 0 N–H and O–H groups in total. The first-order valence-electron chi connectivity index (χ1n) is 5.12. The van der Waals surface area contributed by atoms with Gasteiger partial charge in [0.05, 0.1) is 0 Å². The van der Waals surface area contributed by atoms with E-state index in [0.717, 1.165) is 5.56 Å². The molecule has 0 aromatic heterocycles. The Morgan fingerprint density at radius 3 is 2.53 bits per heavy atom. The highest BCUT2D eigenvalue weighted by atomic mass is 16.6. The molecule has 2 atom stereocenters. The Hall–Kier alpha value is -1.35. The molecule has 3 heteroatoms. The Balaban J connectivity index is 2.40. The molecule has 0 spiro atoms. The zero-order chi connectivity index (χ0) is 10.9. The largest absolute Gasteiger partial charge is 0.456 e. The summed E-state index contributed by atoms with van der Waals surface area (Å²) in [6.45, 7) is 4.22. The minimum atomic E-state index is -0.879. The Kier molecular flexibility index (Phi) is 2.49. The predicted octanol–water partition coefficient (Wildman–Crippen LogP) is 1.86. The summed E-state index contributed by atoms with van der Waals surface area (Å²) in [7, 11) is 0. The quantitative estimate of drug-likeness (QED) is 0.708. The standard InChI is InChI=1S/C12H14O3/c1-3-14-12(9(2)15-11(12)13)10-7-5-4-6-8-10/h4-9H,3H2,1-2H3. The van der Waals surface area contributed by atoms with Gasteiger partial charge in [0.25, 0.3) is 0 Å². The van der Waals surface area contributed by atoms with E-state index in [-0.39, 0.29) is 12.1 Å². The molecule has 1 aromatic rings. The summed E-state index contributed by atoms with van der Waals surface area (Å²) in [4.78, 5) is 11.6. The fraction of sp³-hybridized carbons (Fsp3) is 0.417. The zero-order valence-corrected chi connectivity index (χ0v) is 8.90. The molecular formula is C12H14O3. The van der Waals surface area contributed by atoms with Gasteiger partial charge in [0, 0.05) is 6.61 Å². The number of benzene rings is 1. The number of cyclic esters (lactones) is 1. The normalized spacial score (nSPS) is 29.5. The predicted molar refractivity (Wildman–Crippen MR) is 55.3 cm³/mol. The van der Waals surface area contributed by atoms with Crippen LogP contribution in [0.25, 0.3) is 0 Å². The summed E-state index contributed by atoms with van der Waals surface area (Å²) in [6, 6.07) is 9.50. The molecule has 1 saturated heterocycles. The van der Waals surface area contributed by atoms with Gasteiger partial charge >= 0.3 is 5.97 Å².